The van der Waals surface area contributed by atoms with E-state index in [1.807, 2.05) is 29.5 Å². The lowest BCUT2D eigenvalue weighted by atomic mass is 10.1. The number of carbonyl (C=O) groups excluding carboxylic acids is 2. The highest BCUT2D eigenvalue weighted by Crippen LogP contribution is 2.34. The number of nitrogens with one attached hydrogen (secondary N) is 2. The molecule has 0 radical (unpaired) electrons. The molecule has 4 rings (SSSR count). The van der Waals surface area contributed by atoms with E-state index in [9.17, 15) is 9.59 Å². The summed E-state index contributed by atoms with van der Waals surface area (Å²) in [6.45, 7) is 1.94. The minimum absolute atomic E-state index is 0.0158. The molecule has 0 spiro atoms. The van der Waals surface area contributed by atoms with Crippen molar-refractivity contribution in [1.82, 2.24) is 25.4 Å². The van der Waals surface area contributed by atoms with Crippen molar-refractivity contribution in [2.45, 2.75) is 12.1 Å². The molecule has 160 valence electrons. The van der Waals surface area contributed by atoms with Crippen molar-refractivity contribution in [3.8, 4) is 11.5 Å². The van der Waals surface area contributed by atoms with Crippen LogP contribution >= 0.6 is 11.8 Å². The maximum atomic E-state index is 12.2. The SMILES string of the molecule is COc1cc2cc(C)c3nnc(SCC(=O)NNC(=O)c4ccco4)n3c2cc1OC. The third-order valence-electron chi connectivity index (χ3n) is 4.52. The van der Waals surface area contributed by atoms with Gasteiger partial charge in [-0.3, -0.25) is 24.8 Å². The molecule has 0 fully saturated rings. The number of aryl methyl sites for hydroxylation is 1. The van der Waals surface area contributed by atoms with Crippen LogP contribution in [0.3, 0.4) is 0 Å². The van der Waals surface area contributed by atoms with Gasteiger partial charge in [0.2, 0.25) is 5.91 Å². The Labute approximate surface area is 180 Å². The van der Waals surface area contributed by atoms with Crippen molar-refractivity contribution in [1.29, 1.82) is 0 Å². The molecule has 10 nitrogen and oxygen atoms in total. The van der Waals surface area contributed by atoms with Gasteiger partial charge in [-0.25, -0.2) is 0 Å². The Morgan fingerprint density at radius 2 is 1.90 bits per heavy atom. The van der Waals surface area contributed by atoms with Crippen LogP contribution in [0.25, 0.3) is 16.6 Å². The van der Waals surface area contributed by atoms with Crippen molar-refractivity contribution in [2.75, 3.05) is 20.0 Å². The second-order valence-corrected chi connectivity index (χ2v) is 7.45. The standard InChI is InChI=1S/C20H19N5O5S/c1-11-7-12-8-15(28-2)16(29-3)9-13(12)25-18(11)22-24-20(25)31-10-17(26)21-23-19(27)14-5-4-6-30-14/h4-9H,10H2,1-3H3,(H,21,26)(H,23,27). The summed E-state index contributed by atoms with van der Waals surface area (Å²) in [5, 5.41) is 9.94. The molecular formula is C20H19N5O5S. The number of thioether (sulfide) groups is 1. The zero-order valence-electron chi connectivity index (χ0n) is 17.0. The number of benzene rings is 1. The Kier molecular flexibility index (Phi) is 5.67. The van der Waals surface area contributed by atoms with Gasteiger partial charge in [0.1, 0.15) is 0 Å². The van der Waals surface area contributed by atoms with Crippen molar-refractivity contribution < 1.29 is 23.5 Å². The van der Waals surface area contributed by atoms with E-state index >= 15 is 0 Å². The number of methoxy groups -OCH3 is 2. The number of ether oxygens (including phenoxy) is 2. The van der Waals surface area contributed by atoms with Crippen LogP contribution in [0.15, 0.2) is 46.2 Å². The highest BCUT2D eigenvalue weighted by atomic mass is 32.2. The summed E-state index contributed by atoms with van der Waals surface area (Å²) in [5.74, 6) is 0.354. The minimum atomic E-state index is -0.543. The lowest BCUT2D eigenvalue weighted by Crippen LogP contribution is -2.42. The molecule has 0 atom stereocenters. The van der Waals surface area contributed by atoms with Gasteiger partial charge >= 0.3 is 5.91 Å². The second-order valence-electron chi connectivity index (χ2n) is 6.50. The maximum absolute atomic E-state index is 12.2. The van der Waals surface area contributed by atoms with Gasteiger partial charge < -0.3 is 13.9 Å². The van der Waals surface area contributed by atoms with Crippen molar-refractivity contribution in [3.63, 3.8) is 0 Å². The Morgan fingerprint density at radius 3 is 2.61 bits per heavy atom. The van der Waals surface area contributed by atoms with E-state index in [0.29, 0.717) is 22.3 Å². The van der Waals surface area contributed by atoms with Crippen molar-refractivity contribution >= 4 is 40.1 Å². The summed E-state index contributed by atoms with van der Waals surface area (Å²) in [6.07, 6.45) is 1.37. The number of nitrogens with zero attached hydrogens (tertiary/aromatic N) is 3. The van der Waals surface area contributed by atoms with E-state index in [2.05, 4.69) is 21.0 Å². The number of carbonyl (C=O) groups is 2. The van der Waals surface area contributed by atoms with Crippen LogP contribution in [0.1, 0.15) is 16.1 Å². The number of hydrogen-bond acceptors (Lipinski definition) is 8. The lowest BCUT2D eigenvalue weighted by Gasteiger charge is -2.12. The zero-order valence-corrected chi connectivity index (χ0v) is 17.8. The number of fused-ring (bicyclic) bond motifs is 3. The maximum Gasteiger partial charge on any atom is 0.305 e. The average Bonchev–Trinajstić information content (AvgIpc) is 3.46. The minimum Gasteiger partial charge on any atom is -0.493 e. The summed E-state index contributed by atoms with van der Waals surface area (Å²) < 4.78 is 17.7. The molecule has 0 aliphatic rings. The van der Waals surface area contributed by atoms with E-state index in [1.54, 1.807) is 20.3 Å². The molecule has 0 aliphatic carbocycles. The first-order valence-corrected chi connectivity index (χ1v) is 10.2. The van der Waals surface area contributed by atoms with E-state index in [1.165, 1.54) is 24.1 Å². The summed E-state index contributed by atoms with van der Waals surface area (Å²) in [7, 11) is 3.15. The van der Waals surface area contributed by atoms with E-state index in [-0.39, 0.29) is 11.5 Å². The van der Waals surface area contributed by atoms with Gasteiger partial charge in [0.15, 0.2) is 28.1 Å². The van der Waals surface area contributed by atoms with Gasteiger partial charge in [-0.1, -0.05) is 11.8 Å². The first kappa shape index (κ1) is 20.5. The molecule has 3 heterocycles. The Morgan fingerprint density at radius 1 is 1.13 bits per heavy atom. The van der Waals surface area contributed by atoms with Gasteiger partial charge in [-0.05, 0) is 36.8 Å². The molecule has 4 aromatic rings. The number of hydrazine groups is 1. The van der Waals surface area contributed by atoms with Crippen LogP contribution in [-0.2, 0) is 4.79 Å². The third kappa shape index (κ3) is 3.99. The highest BCUT2D eigenvalue weighted by Gasteiger charge is 2.17. The Bertz CT molecular complexity index is 1270. The van der Waals surface area contributed by atoms with Gasteiger partial charge in [-0.15, -0.1) is 10.2 Å². The molecule has 0 aliphatic heterocycles. The van der Waals surface area contributed by atoms with Crippen LogP contribution in [0, 0.1) is 6.92 Å². The number of hydrogen-bond donors (Lipinski definition) is 2. The van der Waals surface area contributed by atoms with E-state index < -0.39 is 11.8 Å². The molecule has 3 aromatic heterocycles. The van der Waals surface area contributed by atoms with Crippen LogP contribution < -0.4 is 20.3 Å². The number of aromatic nitrogens is 3. The summed E-state index contributed by atoms with van der Waals surface area (Å²) in [5.41, 5.74) is 7.07. The number of amides is 2. The third-order valence-corrected chi connectivity index (χ3v) is 5.45. The fourth-order valence-corrected chi connectivity index (χ4v) is 3.83. The summed E-state index contributed by atoms with van der Waals surface area (Å²) >= 11 is 1.19. The van der Waals surface area contributed by atoms with Gasteiger partial charge in [0, 0.05) is 11.5 Å². The van der Waals surface area contributed by atoms with Gasteiger partial charge in [-0.2, -0.15) is 0 Å². The number of rotatable bonds is 6. The Balaban J connectivity index is 1.56. The van der Waals surface area contributed by atoms with Crippen LogP contribution in [0.2, 0.25) is 0 Å². The molecular weight excluding hydrogens is 422 g/mol. The monoisotopic (exact) mass is 441 g/mol. The molecule has 31 heavy (non-hydrogen) atoms. The van der Waals surface area contributed by atoms with Gasteiger partial charge in [0.05, 0.1) is 31.8 Å². The van der Waals surface area contributed by atoms with Crippen LogP contribution in [0.5, 0.6) is 11.5 Å². The molecule has 2 amide bonds. The lowest BCUT2D eigenvalue weighted by molar-refractivity contribution is -0.119. The largest absolute Gasteiger partial charge is 0.493 e. The smallest absolute Gasteiger partial charge is 0.305 e. The van der Waals surface area contributed by atoms with E-state index in [4.69, 9.17) is 13.9 Å². The van der Waals surface area contributed by atoms with Gasteiger partial charge in [0.25, 0.3) is 0 Å². The van der Waals surface area contributed by atoms with Crippen LogP contribution in [-0.4, -0.2) is 46.4 Å². The second kappa shape index (κ2) is 8.56. The highest BCUT2D eigenvalue weighted by molar-refractivity contribution is 7.99. The zero-order chi connectivity index (χ0) is 22.0. The number of furan rings is 1. The van der Waals surface area contributed by atoms with Crippen LogP contribution in [0.4, 0.5) is 0 Å². The van der Waals surface area contributed by atoms with Crippen molar-refractivity contribution in [2.24, 2.45) is 0 Å². The Hall–Kier alpha value is -3.73. The number of pyridine rings is 1. The normalized spacial score (nSPS) is 10.9. The molecule has 2 N–H and O–H groups in total. The molecule has 0 saturated heterocycles. The predicted molar refractivity (Wildman–Crippen MR) is 113 cm³/mol. The molecule has 0 bridgehead atoms. The quantitative estimate of drug-likeness (QED) is 0.346. The van der Waals surface area contributed by atoms with E-state index in [0.717, 1.165) is 16.5 Å². The topological polar surface area (TPSA) is 120 Å². The first-order chi connectivity index (χ1) is 15.0. The summed E-state index contributed by atoms with van der Waals surface area (Å²) in [4.78, 5) is 24.0. The first-order valence-electron chi connectivity index (χ1n) is 9.17. The molecule has 1 aromatic carbocycles. The predicted octanol–water partition coefficient (Wildman–Crippen LogP) is 2.35. The molecule has 0 saturated carbocycles. The molecule has 11 heteroatoms. The summed E-state index contributed by atoms with van der Waals surface area (Å²) in [6, 6.07) is 8.80. The average molecular weight is 441 g/mol. The van der Waals surface area contributed by atoms with Crippen molar-refractivity contribution in [3.05, 3.63) is 47.9 Å². The molecule has 0 unspecified atom stereocenters. The fraction of sp³-hybridized carbons (Fsp3) is 0.200. The fourth-order valence-electron chi connectivity index (χ4n) is 3.09.